The van der Waals surface area contributed by atoms with Crippen LogP contribution in [0.25, 0.3) is 0 Å². The molecule has 6 nitrogen and oxygen atoms in total. The Morgan fingerprint density at radius 2 is 2.11 bits per heavy atom. The van der Waals surface area contributed by atoms with Gasteiger partial charge in [-0.2, -0.15) is 0 Å². The first-order valence-corrected chi connectivity index (χ1v) is 10.4. The average molecular weight is 394 g/mol. The Kier molecular flexibility index (Phi) is 10.1. The molecule has 1 aliphatic heterocycles. The molecular formula is C21H36FN5O. The van der Waals surface area contributed by atoms with Gasteiger partial charge in [0.1, 0.15) is 17.7 Å². The van der Waals surface area contributed by atoms with Gasteiger partial charge >= 0.3 is 0 Å². The summed E-state index contributed by atoms with van der Waals surface area (Å²) < 4.78 is 19.2. The molecule has 1 aliphatic rings. The van der Waals surface area contributed by atoms with Crippen LogP contribution < -0.4 is 15.4 Å². The van der Waals surface area contributed by atoms with Gasteiger partial charge in [-0.15, -0.1) is 0 Å². The number of halogens is 1. The Labute approximate surface area is 169 Å². The molecule has 28 heavy (non-hydrogen) atoms. The molecule has 0 aromatic heterocycles. The van der Waals surface area contributed by atoms with E-state index in [1.807, 2.05) is 0 Å². The quantitative estimate of drug-likeness (QED) is 0.383. The summed E-state index contributed by atoms with van der Waals surface area (Å²) in [6, 6.07) is 6.27. The number of benzene rings is 1. The van der Waals surface area contributed by atoms with Crippen molar-refractivity contribution in [2.45, 2.75) is 32.3 Å². The highest BCUT2D eigenvalue weighted by Gasteiger charge is 2.12. The van der Waals surface area contributed by atoms with Crippen molar-refractivity contribution in [3.8, 4) is 5.75 Å². The van der Waals surface area contributed by atoms with E-state index in [9.17, 15) is 4.39 Å². The molecule has 1 fully saturated rings. The van der Waals surface area contributed by atoms with Gasteiger partial charge in [0.2, 0.25) is 0 Å². The largest absolute Gasteiger partial charge is 0.489 e. The van der Waals surface area contributed by atoms with Gasteiger partial charge in [0, 0.05) is 32.7 Å². The van der Waals surface area contributed by atoms with Crippen LogP contribution in [0.5, 0.6) is 5.75 Å². The number of hydrogen-bond acceptors (Lipinski definition) is 4. The summed E-state index contributed by atoms with van der Waals surface area (Å²) in [4.78, 5) is 9.23. The second-order valence-corrected chi connectivity index (χ2v) is 7.34. The summed E-state index contributed by atoms with van der Waals surface area (Å²) in [5.74, 6) is 1.05. The molecule has 2 N–H and O–H groups in total. The summed E-state index contributed by atoms with van der Waals surface area (Å²) in [6.45, 7) is 9.35. The number of aliphatic imine (C=N–C) groups is 1. The van der Waals surface area contributed by atoms with Gasteiger partial charge in [-0.05, 0) is 58.1 Å². The predicted octanol–water partition coefficient (Wildman–Crippen LogP) is 2.18. The Bertz CT molecular complexity index is 598. The number of likely N-dealkylation sites (N-methyl/N-ethyl adjacent to an activating group) is 1. The standard InChI is InChI=1S/C21H36FN5O/c1-4-19(28-20-9-5-8-18(22)16-20)17-25-21(23-2)24-10-6-12-27-13-7-11-26(3)14-15-27/h5,8-9,16,19H,4,6-7,10-15,17H2,1-3H3,(H2,23,24,25). The van der Waals surface area contributed by atoms with Crippen molar-refractivity contribution < 1.29 is 9.13 Å². The van der Waals surface area contributed by atoms with Gasteiger partial charge in [-0.25, -0.2) is 4.39 Å². The lowest BCUT2D eigenvalue weighted by atomic mass is 10.2. The number of nitrogens with zero attached hydrogens (tertiary/aromatic N) is 3. The highest BCUT2D eigenvalue weighted by Crippen LogP contribution is 2.14. The Morgan fingerprint density at radius 1 is 1.25 bits per heavy atom. The topological polar surface area (TPSA) is 52.1 Å². The second kappa shape index (κ2) is 12.6. The van der Waals surface area contributed by atoms with Crippen LogP contribution in [-0.2, 0) is 0 Å². The number of guanidine groups is 1. The SMILES string of the molecule is CCC(CNC(=NC)NCCCN1CCCN(C)CC1)Oc1cccc(F)c1. The molecule has 2 rings (SSSR count). The van der Waals surface area contributed by atoms with Crippen molar-refractivity contribution >= 4 is 5.96 Å². The van der Waals surface area contributed by atoms with E-state index in [1.54, 1.807) is 19.2 Å². The molecule has 1 unspecified atom stereocenters. The zero-order valence-corrected chi connectivity index (χ0v) is 17.6. The molecule has 1 aromatic rings. The van der Waals surface area contributed by atoms with E-state index in [-0.39, 0.29) is 11.9 Å². The summed E-state index contributed by atoms with van der Waals surface area (Å²) in [6.07, 6.45) is 3.11. The van der Waals surface area contributed by atoms with Crippen LogP contribution in [0.3, 0.4) is 0 Å². The number of nitrogens with one attached hydrogen (secondary N) is 2. The van der Waals surface area contributed by atoms with Crippen LogP contribution >= 0.6 is 0 Å². The third-order valence-electron chi connectivity index (χ3n) is 5.03. The van der Waals surface area contributed by atoms with Crippen molar-refractivity contribution in [2.75, 3.05) is 59.9 Å². The lowest BCUT2D eigenvalue weighted by Crippen LogP contribution is -2.43. The summed E-state index contributed by atoms with van der Waals surface area (Å²) in [5.41, 5.74) is 0. The third kappa shape index (κ3) is 8.44. The summed E-state index contributed by atoms with van der Waals surface area (Å²) in [5, 5.41) is 6.68. The van der Waals surface area contributed by atoms with Crippen LogP contribution in [0.4, 0.5) is 4.39 Å². The molecule has 1 aromatic carbocycles. The maximum Gasteiger partial charge on any atom is 0.191 e. The minimum Gasteiger partial charge on any atom is -0.489 e. The van der Waals surface area contributed by atoms with Gasteiger partial charge < -0.3 is 25.2 Å². The average Bonchev–Trinajstić information content (AvgIpc) is 2.90. The van der Waals surface area contributed by atoms with E-state index in [2.05, 4.69) is 39.4 Å². The molecule has 0 radical (unpaired) electrons. The van der Waals surface area contributed by atoms with Crippen molar-refractivity contribution in [3.05, 3.63) is 30.1 Å². The van der Waals surface area contributed by atoms with Crippen molar-refractivity contribution in [1.82, 2.24) is 20.4 Å². The van der Waals surface area contributed by atoms with Gasteiger partial charge in [0.05, 0.1) is 6.54 Å². The minimum absolute atomic E-state index is 0.0468. The number of rotatable bonds is 9. The molecule has 1 heterocycles. The summed E-state index contributed by atoms with van der Waals surface area (Å²) in [7, 11) is 3.97. The van der Waals surface area contributed by atoms with Crippen molar-refractivity contribution in [2.24, 2.45) is 4.99 Å². The highest BCUT2D eigenvalue weighted by molar-refractivity contribution is 5.79. The first kappa shape index (κ1) is 22.4. The van der Waals surface area contributed by atoms with Crippen LogP contribution in [0, 0.1) is 5.82 Å². The number of ether oxygens (including phenoxy) is 1. The fourth-order valence-corrected chi connectivity index (χ4v) is 3.27. The zero-order valence-electron chi connectivity index (χ0n) is 17.6. The smallest absolute Gasteiger partial charge is 0.191 e. The van der Waals surface area contributed by atoms with E-state index >= 15 is 0 Å². The second-order valence-electron chi connectivity index (χ2n) is 7.34. The Balaban J connectivity index is 1.65. The molecule has 0 amide bonds. The van der Waals surface area contributed by atoms with Crippen LogP contribution in [0.2, 0.25) is 0 Å². The lowest BCUT2D eigenvalue weighted by Gasteiger charge is -2.21. The monoisotopic (exact) mass is 393 g/mol. The van der Waals surface area contributed by atoms with Crippen molar-refractivity contribution in [3.63, 3.8) is 0 Å². The molecule has 0 spiro atoms. The molecule has 0 aliphatic carbocycles. The van der Waals surface area contributed by atoms with E-state index in [0.29, 0.717) is 12.3 Å². The molecule has 158 valence electrons. The van der Waals surface area contributed by atoms with Gasteiger partial charge in [-0.1, -0.05) is 13.0 Å². The molecule has 0 bridgehead atoms. The fourth-order valence-electron chi connectivity index (χ4n) is 3.27. The number of hydrogen-bond donors (Lipinski definition) is 2. The van der Waals surface area contributed by atoms with Crippen LogP contribution in [0.1, 0.15) is 26.2 Å². The molecule has 1 saturated heterocycles. The maximum atomic E-state index is 13.3. The van der Waals surface area contributed by atoms with E-state index < -0.39 is 0 Å². The van der Waals surface area contributed by atoms with Gasteiger partial charge in [0.25, 0.3) is 0 Å². The Hall–Kier alpha value is -1.86. The normalized spacial score (nSPS) is 17.8. The minimum atomic E-state index is -0.283. The molecule has 1 atom stereocenters. The third-order valence-corrected chi connectivity index (χ3v) is 5.03. The van der Waals surface area contributed by atoms with Crippen molar-refractivity contribution in [1.29, 1.82) is 0 Å². The molecular weight excluding hydrogens is 357 g/mol. The first-order valence-electron chi connectivity index (χ1n) is 10.4. The maximum absolute atomic E-state index is 13.3. The molecule has 0 saturated carbocycles. The van der Waals surface area contributed by atoms with Gasteiger partial charge in [-0.3, -0.25) is 4.99 Å². The summed E-state index contributed by atoms with van der Waals surface area (Å²) >= 11 is 0. The molecule has 7 heteroatoms. The predicted molar refractivity (Wildman–Crippen MR) is 114 cm³/mol. The lowest BCUT2D eigenvalue weighted by molar-refractivity contribution is 0.198. The fraction of sp³-hybridized carbons (Fsp3) is 0.667. The van der Waals surface area contributed by atoms with Crippen LogP contribution in [-0.4, -0.2) is 81.8 Å². The Morgan fingerprint density at radius 3 is 2.86 bits per heavy atom. The van der Waals surface area contributed by atoms with E-state index in [0.717, 1.165) is 45.0 Å². The highest BCUT2D eigenvalue weighted by atomic mass is 19.1. The van der Waals surface area contributed by atoms with Crippen LogP contribution in [0.15, 0.2) is 29.3 Å². The van der Waals surface area contributed by atoms with E-state index in [1.165, 1.54) is 31.6 Å². The zero-order chi connectivity index (χ0) is 20.2. The first-order chi connectivity index (χ1) is 13.6. The van der Waals surface area contributed by atoms with E-state index in [4.69, 9.17) is 4.74 Å². The van der Waals surface area contributed by atoms with Gasteiger partial charge in [0.15, 0.2) is 5.96 Å².